The van der Waals surface area contributed by atoms with Gasteiger partial charge in [-0.2, -0.15) is 0 Å². The lowest BCUT2D eigenvalue weighted by Gasteiger charge is -2.16. The van der Waals surface area contributed by atoms with Crippen LogP contribution in [0.2, 0.25) is 0 Å². The highest BCUT2D eigenvalue weighted by atomic mass is 35.5. The van der Waals surface area contributed by atoms with Gasteiger partial charge in [0.25, 0.3) is 0 Å². The van der Waals surface area contributed by atoms with Gasteiger partial charge in [-0.15, -0.1) is 11.6 Å². The lowest BCUT2D eigenvalue weighted by atomic mass is 10.3. The standard InChI is InChI=1S/C18H39NO5.C11H24ClNO3/c1-4-6-7-10-21-15-16-22-11-8-19(3)9-12-23-17-18-24-14-13-20-5-2;1-3-14-8-9-16-11-10-15-7-6-13(2)5-4-12/h4-18H2,1-3H3;3-11H2,1-2H3. The van der Waals surface area contributed by atoms with Crippen LogP contribution in [0.15, 0.2) is 0 Å². The van der Waals surface area contributed by atoms with Gasteiger partial charge in [0, 0.05) is 51.9 Å². The molecule has 0 amide bonds. The van der Waals surface area contributed by atoms with Crippen LogP contribution >= 0.6 is 11.6 Å². The van der Waals surface area contributed by atoms with Crippen LogP contribution in [0.4, 0.5) is 0 Å². The van der Waals surface area contributed by atoms with Gasteiger partial charge in [0.05, 0.1) is 85.9 Å². The summed E-state index contributed by atoms with van der Waals surface area (Å²) in [4.78, 5) is 4.35. The third-order valence-electron chi connectivity index (χ3n) is 5.48. The summed E-state index contributed by atoms with van der Waals surface area (Å²) in [5, 5.41) is 0. The molecule has 0 saturated carbocycles. The molecule has 0 atom stereocenters. The number of unbranched alkanes of at least 4 members (excludes halogenated alkanes) is 2. The average Bonchev–Trinajstić information content (AvgIpc) is 2.95. The van der Waals surface area contributed by atoms with Crippen molar-refractivity contribution in [2.24, 2.45) is 0 Å². The minimum Gasteiger partial charge on any atom is -0.379 e. The number of hydrogen-bond acceptors (Lipinski definition) is 10. The van der Waals surface area contributed by atoms with Gasteiger partial charge >= 0.3 is 0 Å². The first-order valence-electron chi connectivity index (χ1n) is 15.2. The molecule has 0 bridgehead atoms. The minimum atomic E-state index is 0.623. The Bertz CT molecular complexity index is 423. The summed E-state index contributed by atoms with van der Waals surface area (Å²) in [6.45, 7) is 20.8. The Hall–Kier alpha value is -0.110. The van der Waals surface area contributed by atoms with Crippen molar-refractivity contribution in [3.05, 3.63) is 0 Å². The van der Waals surface area contributed by atoms with Crippen LogP contribution in [0.25, 0.3) is 0 Å². The van der Waals surface area contributed by atoms with Crippen molar-refractivity contribution >= 4 is 11.6 Å². The van der Waals surface area contributed by atoms with Gasteiger partial charge < -0.3 is 47.7 Å². The molecular formula is C29H63ClN2O8. The van der Waals surface area contributed by atoms with Crippen molar-refractivity contribution in [1.29, 1.82) is 0 Å². The van der Waals surface area contributed by atoms with Gasteiger partial charge in [0.15, 0.2) is 0 Å². The molecule has 0 unspecified atom stereocenters. The van der Waals surface area contributed by atoms with E-state index in [9.17, 15) is 0 Å². The fraction of sp³-hybridized carbons (Fsp3) is 1.00. The maximum absolute atomic E-state index is 5.61. The molecule has 40 heavy (non-hydrogen) atoms. The zero-order valence-corrected chi connectivity index (χ0v) is 27.3. The molecule has 0 N–H and O–H groups in total. The van der Waals surface area contributed by atoms with Crippen LogP contribution in [-0.2, 0) is 37.9 Å². The summed E-state index contributed by atoms with van der Waals surface area (Å²) in [5.41, 5.74) is 0. The van der Waals surface area contributed by atoms with Crippen LogP contribution < -0.4 is 0 Å². The van der Waals surface area contributed by atoms with E-state index in [1.807, 2.05) is 20.9 Å². The predicted molar refractivity (Wildman–Crippen MR) is 163 cm³/mol. The Morgan fingerprint density at radius 2 is 0.725 bits per heavy atom. The third-order valence-corrected chi connectivity index (χ3v) is 5.65. The second-order valence-corrected chi connectivity index (χ2v) is 9.45. The fourth-order valence-electron chi connectivity index (χ4n) is 2.97. The Balaban J connectivity index is 0. The first-order valence-corrected chi connectivity index (χ1v) is 15.7. The van der Waals surface area contributed by atoms with Gasteiger partial charge in [0.1, 0.15) is 0 Å². The van der Waals surface area contributed by atoms with Crippen molar-refractivity contribution in [2.75, 3.05) is 152 Å². The number of hydrogen-bond donors (Lipinski definition) is 0. The Morgan fingerprint density at radius 3 is 1.07 bits per heavy atom. The lowest BCUT2D eigenvalue weighted by Crippen LogP contribution is -2.28. The van der Waals surface area contributed by atoms with Crippen molar-refractivity contribution in [3.63, 3.8) is 0 Å². The van der Waals surface area contributed by atoms with Gasteiger partial charge in [-0.1, -0.05) is 19.8 Å². The molecule has 244 valence electrons. The van der Waals surface area contributed by atoms with Crippen LogP contribution in [0.5, 0.6) is 0 Å². The van der Waals surface area contributed by atoms with E-state index < -0.39 is 0 Å². The highest BCUT2D eigenvalue weighted by Crippen LogP contribution is 1.94. The van der Waals surface area contributed by atoms with Crippen molar-refractivity contribution in [3.8, 4) is 0 Å². The third kappa shape index (κ3) is 40.0. The van der Waals surface area contributed by atoms with E-state index in [-0.39, 0.29) is 0 Å². The summed E-state index contributed by atoms with van der Waals surface area (Å²) in [7, 11) is 4.11. The summed E-state index contributed by atoms with van der Waals surface area (Å²) in [6.07, 6.45) is 3.63. The second kappa shape index (κ2) is 38.9. The summed E-state index contributed by atoms with van der Waals surface area (Å²) in [5.74, 6) is 0.664. The molecule has 0 aliphatic heterocycles. The number of ether oxygens (including phenoxy) is 8. The van der Waals surface area contributed by atoms with Gasteiger partial charge in [-0.25, -0.2) is 0 Å². The van der Waals surface area contributed by atoms with E-state index in [1.165, 1.54) is 12.8 Å². The first kappa shape index (κ1) is 42.0. The van der Waals surface area contributed by atoms with Crippen LogP contribution in [0.1, 0.15) is 40.0 Å². The monoisotopic (exact) mass is 602 g/mol. The molecule has 0 spiro atoms. The average molecular weight is 603 g/mol. The van der Waals surface area contributed by atoms with Crippen molar-refractivity contribution < 1.29 is 37.9 Å². The molecule has 0 aliphatic carbocycles. The Morgan fingerprint density at radius 1 is 0.400 bits per heavy atom. The molecule has 0 aromatic rings. The van der Waals surface area contributed by atoms with E-state index >= 15 is 0 Å². The predicted octanol–water partition coefficient (Wildman–Crippen LogP) is 3.44. The molecule has 0 saturated heterocycles. The van der Waals surface area contributed by atoms with Crippen LogP contribution in [0, 0.1) is 0 Å². The molecule has 0 fully saturated rings. The van der Waals surface area contributed by atoms with E-state index in [4.69, 9.17) is 49.5 Å². The van der Waals surface area contributed by atoms with E-state index in [0.717, 1.165) is 65.6 Å². The van der Waals surface area contributed by atoms with Crippen molar-refractivity contribution in [2.45, 2.75) is 40.0 Å². The second-order valence-electron chi connectivity index (χ2n) is 9.07. The van der Waals surface area contributed by atoms with E-state index in [1.54, 1.807) is 0 Å². The fourth-order valence-corrected chi connectivity index (χ4v) is 3.26. The van der Waals surface area contributed by atoms with Gasteiger partial charge in [0.2, 0.25) is 0 Å². The number of halogens is 1. The topological polar surface area (TPSA) is 80.3 Å². The smallest absolute Gasteiger partial charge is 0.0701 e. The Labute approximate surface area is 251 Å². The van der Waals surface area contributed by atoms with E-state index in [2.05, 4.69) is 23.8 Å². The highest BCUT2D eigenvalue weighted by molar-refractivity contribution is 6.18. The molecular weight excluding hydrogens is 540 g/mol. The normalized spacial score (nSPS) is 11.4. The summed E-state index contributed by atoms with van der Waals surface area (Å²) < 4.78 is 43.0. The zero-order valence-electron chi connectivity index (χ0n) is 26.5. The molecule has 0 radical (unpaired) electrons. The quantitative estimate of drug-likeness (QED) is 0.0844. The molecule has 11 heteroatoms. The van der Waals surface area contributed by atoms with Crippen LogP contribution in [-0.4, -0.2) is 162 Å². The van der Waals surface area contributed by atoms with Crippen molar-refractivity contribution in [1.82, 2.24) is 9.80 Å². The number of nitrogens with zero attached hydrogens (tertiary/aromatic N) is 2. The molecule has 0 aliphatic rings. The molecule has 0 aromatic carbocycles. The number of alkyl halides is 1. The maximum atomic E-state index is 5.61. The Kier molecular flexibility index (Phi) is 40.9. The SMILES string of the molecule is CCCCCOCCOCCN(C)CCOCCOCCOCC.CCOCCOCCOCCN(C)CCCl. The first-order chi connectivity index (χ1) is 19.6. The van der Waals surface area contributed by atoms with Gasteiger partial charge in [-0.05, 0) is 34.4 Å². The molecule has 10 nitrogen and oxygen atoms in total. The molecule has 0 heterocycles. The summed E-state index contributed by atoms with van der Waals surface area (Å²) in [6, 6.07) is 0. The summed E-state index contributed by atoms with van der Waals surface area (Å²) >= 11 is 5.61. The lowest BCUT2D eigenvalue weighted by molar-refractivity contribution is 0.0107. The highest BCUT2D eigenvalue weighted by Gasteiger charge is 1.99. The van der Waals surface area contributed by atoms with E-state index in [0.29, 0.717) is 78.6 Å². The number of likely N-dealkylation sites (N-methyl/N-ethyl adjacent to an activating group) is 2. The van der Waals surface area contributed by atoms with Gasteiger partial charge in [-0.3, -0.25) is 0 Å². The molecule has 0 aromatic heterocycles. The zero-order chi connectivity index (χ0) is 29.8. The largest absolute Gasteiger partial charge is 0.379 e. The number of rotatable bonds is 32. The maximum Gasteiger partial charge on any atom is 0.0701 e. The minimum absolute atomic E-state index is 0.623. The van der Waals surface area contributed by atoms with Crippen LogP contribution in [0.3, 0.4) is 0 Å². The molecule has 0 rings (SSSR count).